The predicted octanol–water partition coefficient (Wildman–Crippen LogP) is 2.76. The molecule has 4 heteroatoms. The van der Waals surface area contributed by atoms with E-state index in [1.165, 1.54) is 5.56 Å². The number of rotatable bonds is 3. The van der Waals surface area contributed by atoms with Crippen molar-refractivity contribution in [1.29, 1.82) is 0 Å². The van der Waals surface area contributed by atoms with Gasteiger partial charge in [0.05, 0.1) is 17.6 Å². The highest BCUT2D eigenvalue weighted by molar-refractivity contribution is 9.10. The normalized spacial score (nSPS) is 13.0. The fraction of sp³-hybridized carbons (Fsp3) is 0.0500. The molecule has 2 aromatic carbocycles. The van der Waals surface area contributed by atoms with E-state index in [0.717, 1.165) is 32.8 Å². The summed E-state index contributed by atoms with van der Waals surface area (Å²) < 4.78 is 1.06. The van der Waals surface area contributed by atoms with Crippen LogP contribution in [0.3, 0.4) is 0 Å². The quantitative estimate of drug-likeness (QED) is 0.760. The average Bonchev–Trinajstić information content (AvgIpc) is 2.62. The number of nitrogens with one attached hydrogen (secondary N) is 1. The topological polar surface area (TPSA) is 28.2 Å². The number of hydrazine groups is 1. The van der Waals surface area contributed by atoms with Gasteiger partial charge < -0.3 is 0 Å². The zero-order chi connectivity index (χ0) is 16.4. The van der Waals surface area contributed by atoms with E-state index in [9.17, 15) is 0 Å². The van der Waals surface area contributed by atoms with Crippen molar-refractivity contribution in [3.8, 4) is 0 Å². The molecule has 0 aliphatic carbocycles. The second kappa shape index (κ2) is 6.49. The molecule has 1 aliphatic rings. The Labute approximate surface area is 149 Å². The van der Waals surface area contributed by atoms with Crippen LogP contribution in [0, 0.1) is 0 Å². The van der Waals surface area contributed by atoms with Crippen molar-refractivity contribution in [1.82, 2.24) is 15.4 Å². The maximum absolute atomic E-state index is 4.54. The molecule has 0 amide bonds. The van der Waals surface area contributed by atoms with Crippen LogP contribution in [-0.2, 0) is 6.54 Å². The molecule has 4 rings (SSSR count). The summed E-state index contributed by atoms with van der Waals surface area (Å²) in [5.41, 5.74) is 6.98. The van der Waals surface area contributed by atoms with Crippen LogP contribution in [0.25, 0.3) is 11.9 Å². The molecule has 2 heterocycles. The molecule has 0 fully saturated rings. The molecule has 3 aromatic rings. The van der Waals surface area contributed by atoms with E-state index < -0.39 is 0 Å². The van der Waals surface area contributed by atoms with Gasteiger partial charge in [-0.05, 0) is 29.8 Å². The molecular weight excluding hydrogens is 362 g/mol. The maximum atomic E-state index is 4.54. The first-order chi connectivity index (χ1) is 11.8. The fourth-order valence-electron chi connectivity index (χ4n) is 2.84. The number of hydrogen-bond donors (Lipinski definition) is 1. The lowest BCUT2D eigenvalue weighted by Crippen LogP contribution is -2.46. The molecule has 24 heavy (non-hydrogen) atoms. The highest BCUT2D eigenvalue weighted by atomic mass is 79.9. The van der Waals surface area contributed by atoms with Crippen LogP contribution in [0.2, 0.25) is 0 Å². The van der Waals surface area contributed by atoms with Crippen LogP contribution in [0.5, 0.6) is 0 Å². The highest BCUT2D eigenvalue weighted by Crippen LogP contribution is 2.17. The second-order valence-corrected chi connectivity index (χ2v) is 6.59. The Morgan fingerprint density at radius 1 is 0.958 bits per heavy atom. The Balaban J connectivity index is 1.79. The van der Waals surface area contributed by atoms with Crippen molar-refractivity contribution in [3.05, 3.63) is 99.1 Å². The van der Waals surface area contributed by atoms with Gasteiger partial charge in [0.15, 0.2) is 0 Å². The van der Waals surface area contributed by atoms with Gasteiger partial charge in [0, 0.05) is 27.7 Å². The van der Waals surface area contributed by atoms with E-state index in [2.05, 4.69) is 80.0 Å². The number of pyridine rings is 1. The summed E-state index contributed by atoms with van der Waals surface area (Å²) in [5.74, 6) is 0. The van der Waals surface area contributed by atoms with Crippen LogP contribution >= 0.6 is 15.9 Å². The highest BCUT2D eigenvalue weighted by Gasteiger charge is 2.13. The van der Waals surface area contributed by atoms with Gasteiger partial charge in [-0.1, -0.05) is 58.4 Å². The van der Waals surface area contributed by atoms with Crippen molar-refractivity contribution in [3.63, 3.8) is 0 Å². The molecule has 118 valence electrons. The molecule has 0 bridgehead atoms. The SMILES string of the molecule is Brc1cccc(C2=c3cccnc3=CN(Cc3ccccc3)N2)c1. The van der Waals surface area contributed by atoms with E-state index in [4.69, 9.17) is 0 Å². The summed E-state index contributed by atoms with van der Waals surface area (Å²) in [4.78, 5) is 4.54. The van der Waals surface area contributed by atoms with Crippen molar-refractivity contribution >= 4 is 27.8 Å². The van der Waals surface area contributed by atoms with E-state index in [-0.39, 0.29) is 0 Å². The third kappa shape index (κ3) is 3.05. The van der Waals surface area contributed by atoms with Crippen LogP contribution < -0.4 is 16.0 Å². The molecule has 0 radical (unpaired) electrons. The third-order valence-electron chi connectivity index (χ3n) is 3.95. The average molecular weight is 378 g/mol. The van der Waals surface area contributed by atoms with Crippen molar-refractivity contribution < 1.29 is 0 Å². The van der Waals surface area contributed by atoms with Gasteiger partial charge in [-0.3, -0.25) is 15.4 Å². The van der Waals surface area contributed by atoms with Crippen LogP contribution in [0.4, 0.5) is 0 Å². The van der Waals surface area contributed by atoms with Crippen LogP contribution in [0.15, 0.2) is 77.4 Å². The van der Waals surface area contributed by atoms with Gasteiger partial charge in [-0.2, -0.15) is 0 Å². The van der Waals surface area contributed by atoms with E-state index in [0.29, 0.717) is 0 Å². The second-order valence-electron chi connectivity index (χ2n) is 5.68. The third-order valence-corrected chi connectivity index (χ3v) is 4.44. The molecule has 1 aromatic heterocycles. The lowest BCUT2D eigenvalue weighted by Gasteiger charge is -2.27. The predicted molar refractivity (Wildman–Crippen MR) is 99.7 cm³/mol. The van der Waals surface area contributed by atoms with Crippen molar-refractivity contribution in [2.45, 2.75) is 6.54 Å². The zero-order valence-corrected chi connectivity index (χ0v) is 14.6. The Bertz CT molecular complexity index is 983. The smallest absolute Gasteiger partial charge is 0.0901 e. The number of benzene rings is 2. The molecular formula is C20H16BrN3. The number of nitrogens with zero attached hydrogens (tertiary/aromatic N) is 2. The minimum Gasteiger partial charge on any atom is -0.297 e. The van der Waals surface area contributed by atoms with Crippen LogP contribution in [-0.4, -0.2) is 9.99 Å². The van der Waals surface area contributed by atoms with Gasteiger partial charge in [-0.15, -0.1) is 0 Å². The number of aromatic nitrogens is 1. The molecule has 0 atom stereocenters. The number of hydrogen-bond acceptors (Lipinski definition) is 3. The minimum absolute atomic E-state index is 0.772. The first-order valence-corrected chi connectivity index (χ1v) is 8.59. The standard InChI is InChI=1S/C20H16BrN3/c21-17-9-4-8-16(12-17)20-18-10-5-11-22-19(18)14-24(23-20)13-15-6-2-1-3-7-15/h1-12,14,23H,13H2. The molecule has 3 nitrogen and oxygen atoms in total. The summed E-state index contributed by atoms with van der Waals surface area (Å²) >= 11 is 3.56. The molecule has 0 saturated heterocycles. The Morgan fingerprint density at radius 2 is 1.83 bits per heavy atom. The monoisotopic (exact) mass is 377 g/mol. The minimum atomic E-state index is 0.772. The fourth-order valence-corrected chi connectivity index (χ4v) is 3.24. The summed E-state index contributed by atoms with van der Waals surface area (Å²) in [6.45, 7) is 0.772. The first-order valence-electron chi connectivity index (χ1n) is 7.80. The van der Waals surface area contributed by atoms with Gasteiger partial charge >= 0.3 is 0 Å². The van der Waals surface area contributed by atoms with E-state index in [1.54, 1.807) is 0 Å². The largest absolute Gasteiger partial charge is 0.297 e. The Hall–Kier alpha value is -2.59. The lowest BCUT2D eigenvalue weighted by atomic mass is 10.1. The van der Waals surface area contributed by atoms with Crippen molar-refractivity contribution in [2.24, 2.45) is 0 Å². The van der Waals surface area contributed by atoms with Gasteiger partial charge in [0.1, 0.15) is 0 Å². The summed E-state index contributed by atoms with van der Waals surface area (Å²) in [6, 6.07) is 22.8. The first kappa shape index (κ1) is 15.0. The molecule has 0 spiro atoms. The van der Waals surface area contributed by atoms with Gasteiger partial charge in [0.2, 0.25) is 0 Å². The zero-order valence-electron chi connectivity index (χ0n) is 13.0. The van der Waals surface area contributed by atoms with E-state index >= 15 is 0 Å². The molecule has 0 unspecified atom stereocenters. The summed E-state index contributed by atoms with van der Waals surface area (Å²) in [6.07, 6.45) is 3.89. The molecule has 1 N–H and O–H groups in total. The molecule has 1 aliphatic heterocycles. The maximum Gasteiger partial charge on any atom is 0.0901 e. The van der Waals surface area contributed by atoms with E-state index in [1.807, 2.05) is 30.5 Å². The van der Waals surface area contributed by atoms with Crippen LogP contribution in [0.1, 0.15) is 11.1 Å². The summed E-state index contributed by atoms with van der Waals surface area (Å²) in [5, 5.41) is 4.17. The van der Waals surface area contributed by atoms with Gasteiger partial charge in [0.25, 0.3) is 0 Å². The number of halogens is 1. The molecule has 0 saturated carbocycles. The number of fused-ring (bicyclic) bond motifs is 1. The van der Waals surface area contributed by atoms with Gasteiger partial charge in [-0.25, -0.2) is 0 Å². The lowest BCUT2D eigenvalue weighted by molar-refractivity contribution is 0.345. The Kier molecular flexibility index (Phi) is 4.05. The van der Waals surface area contributed by atoms with Crippen molar-refractivity contribution in [2.75, 3.05) is 0 Å². The summed E-state index contributed by atoms with van der Waals surface area (Å²) in [7, 11) is 0. The Morgan fingerprint density at radius 3 is 2.67 bits per heavy atom.